The summed E-state index contributed by atoms with van der Waals surface area (Å²) in [5.74, 6) is 0. The number of nitrogens with zero attached hydrogens (tertiary/aromatic N) is 4. The maximum atomic E-state index is 4.08. The van der Waals surface area contributed by atoms with Crippen molar-refractivity contribution in [3.05, 3.63) is 5.51 Å². The van der Waals surface area contributed by atoms with Crippen LogP contribution >= 0.6 is 27.3 Å². The molecule has 0 atom stereocenters. The van der Waals surface area contributed by atoms with Crippen molar-refractivity contribution in [3.63, 3.8) is 0 Å². The van der Waals surface area contributed by atoms with Gasteiger partial charge in [0, 0.05) is 38.1 Å². The second-order valence-corrected chi connectivity index (χ2v) is 4.84. The summed E-state index contributed by atoms with van der Waals surface area (Å²) in [6.45, 7) is 5.55. The molecule has 0 unspecified atom stereocenters. The molecule has 1 aliphatic heterocycles. The molecule has 0 spiro atoms. The number of hydrogen-bond acceptors (Lipinski definition) is 5. The summed E-state index contributed by atoms with van der Waals surface area (Å²) in [5, 5.41) is 10.1. The van der Waals surface area contributed by atoms with Gasteiger partial charge in [0.05, 0.1) is 0 Å². The summed E-state index contributed by atoms with van der Waals surface area (Å²) in [6, 6.07) is 0. The summed E-state index contributed by atoms with van der Waals surface area (Å²) >= 11 is 5.08. The van der Waals surface area contributed by atoms with Crippen LogP contribution in [0.5, 0.6) is 0 Å². The Bertz CT molecular complexity index is 258. The number of anilines is 1. The van der Waals surface area contributed by atoms with Crippen molar-refractivity contribution in [2.24, 2.45) is 0 Å². The second-order valence-electron chi connectivity index (χ2n) is 3.24. The predicted molar refractivity (Wildman–Crippen MR) is 62.4 cm³/mol. The average molecular weight is 277 g/mol. The van der Waals surface area contributed by atoms with E-state index in [0.29, 0.717) is 0 Å². The van der Waals surface area contributed by atoms with Gasteiger partial charge in [0.15, 0.2) is 0 Å². The fourth-order valence-corrected chi connectivity index (χ4v) is 2.70. The van der Waals surface area contributed by atoms with E-state index in [1.165, 1.54) is 0 Å². The van der Waals surface area contributed by atoms with Crippen LogP contribution in [-0.2, 0) is 0 Å². The first kappa shape index (κ1) is 10.3. The van der Waals surface area contributed by atoms with Gasteiger partial charge in [-0.3, -0.25) is 4.90 Å². The second kappa shape index (κ2) is 5.04. The summed E-state index contributed by atoms with van der Waals surface area (Å²) in [4.78, 5) is 4.77. The lowest BCUT2D eigenvalue weighted by Gasteiger charge is -2.33. The maximum absolute atomic E-state index is 4.08. The van der Waals surface area contributed by atoms with Crippen LogP contribution in [0.4, 0.5) is 5.13 Å². The molecule has 1 aromatic heterocycles. The third-order valence-electron chi connectivity index (χ3n) is 2.39. The van der Waals surface area contributed by atoms with E-state index in [1.807, 2.05) is 0 Å². The highest BCUT2D eigenvalue weighted by molar-refractivity contribution is 9.09. The van der Waals surface area contributed by atoms with Crippen molar-refractivity contribution < 1.29 is 0 Å². The van der Waals surface area contributed by atoms with Gasteiger partial charge in [-0.25, -0.2) is 0 Å². The molecule has 1 saturated heterocycles. The summed E-state index contributed by atoms with van der Waals surface area (Å²) in [6.07, 6.45) is 0. The van der Waals surface area contributed by atoms with Crippen molar-refractivity contribution in [2.75, 3.05) is 43.0 Å². The molecule has 2 rings (SSSR count). The highest BCUT2D eigenvalue weighted by Crippen LogP contribution is 2.17. The normalized spacial score (nSPS) is 18.8. The lowest BCUT2D eigenvalue weighted by Crippen LogP contribution is -2.46. The van der Waals surface area contributed by atoms with Crippen molar-refractivity contribution in [1.82, 2.24) is 15.1 Å². The van der Waals surface area contributed by atoms with Crippen LogP contribution in [0.2, 0.25) is 0 Å². The molecule has 6 heteroatoms. The number of rotatable bonds is 3. The van der Waals surface area contributed by atoms with Crippen molar-refractivity contribution in [3.8, 4) is 0 Å². The van der Waals surface area contributed by atoms with E-state index in [9.17, 15) is 0 Å². The Balaban J connectivity index is 1.84. The Morgan fingerprint density at radius 3 is 2.71 bits per heavy atom. The molecule has 78 valence electrons. The fourth-order valence-electron chi connectivity index (χ4n) is 1.59. The predicted octanol–water partition coefficient (Wildman–Crippen LogP) is 1.05. The maximum Gasteiger partial charge on any atom is 0.208 e. The third kappa shape index (κ3) is 2.43. The lowest BCUT2D eigenvalue weighted by molar-refractivity contribution is 0.274. The molecule has 0 bridgehead atoms. The zero-order valence-electron chi connectivity index (χ0n) is 7.90. The molecular formula is C8H13BrN4S. The quantitative estimate of drug-likeness (QED) is 0.773. The molecule has 0 amide bonds. The van der Waals surface area contributed by atoms with Gasteiger partial charge >= 0.3 is 0 Å². The first-order valence-corrected chi connectivity index (χ1v) is 6.69. The van der Waals surface area contributed by atoms with Gasteiger partial charge in [-0.2, -0.15) is 0 Å². The molecule has 0 aromatic carbocycles. The van der Waals surface area contributed by atoms with Crippen LogP contribution in [0.3, 0.4) is 0 Å². The number of halogens is 1. The number of aromatic nitrogens is 2. The molecule has 1 fully saturated rings. The van der Waals surface area contributed by atoms with Gasteiger partial charge in [-0.1, -0.05) is 27.3 Å². The zero-order valence-corrected chi connectivity index (χ0v) is 10.3. The average Bonchev–Trinajstić information content (AvgIpc) is 2.72. The van der Waals surface area contributed by atoms with Crippen molar-refractivity contribution >= 4 is 32.4 Å². The SMILES string of the molecule is BrCCN1CCN(c2nncs2)CC1. The Morgan fingerprint density at radius 1 is 1.36 bits per heavy atom. The Hall–Kier alpha value is -0.200. The molecule has 1 aliphatic rings. The molecule has 0 radical (unpaired) electrons. The highest BCUT2D eigenvalue weighted by Gasteiger charge is 2.17. The standard InChI is InChI=1S/C8H13BrN4S/c9-1-2-12-3-5-13(6-4-12)8-11-10-7-14-8/h7H,1-6H2. The molecule has 2 heterocycles. The van der Waals surface area contributed by atoms with Crippen molar-refractivity contribution in [1.29, 1.82) is 0 Å². The van der Waals surface area contributed by atoms with Crippen LogP contribution in [0.1, 0.15) is 0 Å². The van der Waals surface area contributed by atoms with Gasteiger partial charge in [0.1, 0.15) is 5.51 Å². The molecule has 0 aliphatic carbocycles. The summed E-state index contributed by atoms with van der Waals surface area (Å²) < 4.78 is 0. The minimum Gasteiger partial charge on any atom is -0.344 e. The first-order chi connectivity index (χ1) is 6.90. The molecule has 0 N–H and O–H groups in total. The molecular weight excluding hydrogens is 264 g/mol. The smallest absolute Gasteiger partial charge is 0.208 e. The van der Waals surface area contributed by atoms with E-state index in [4.69, 9.17) is 0 Å². The summed E-state index contributed by atoms with van der Waals surface area (Å²) in [5.41, 5.74) is 1.79. The van der Waals surface area contributed by atoms with Gasteiger partial charge in [0.2, 0.25) is 5.13 Å². The third-order valence-corrected chi connectivity index (χ3v) is 3.50. The highest BCUT2D eigenvalue weighted by atomic mass is 79.9. The summed E-state index contributed by atoms with van der Waals surface area (Å²) in [7, 11) is 0. The van der Waals surface area contributed by atoms with Crippen LogP contribution in [0.15, 0.2) is 5.51 Å². The van der Waals surface area contributed by atoms with E-state index in [0.717, 1.165) is 43.2 Å². The number of piperazine rings is 1. The first-order valence-electron chi connectivity index (χ1n) is 4.69. The Kier molecular flexibility index (Phi) is 3.72. The van der Waals surface area contributed by atoms with E-state index in [2.05, 4.69) is 35.9 Å². The zero-order chi connectivity index (χ0) is 9.80. The largest absolute Gasteiger partial charge is 0.344 e. The van der Waals surface area contributed by atoms with Crippen LogP contribution < -0.4 is 4.90 Å². The van der Waals surface area contributed by atoms with E-state index >= 15 is 0 Å². The molecule has 0 saturated carbocycles. The van der Waals surface area contributed by atoms with Gasteiger partial charge < -0.3 is 4.90 Å². The minimum absolute atomic E-state index is 1.06. The molecule has 4 nitrogen and oxygen atoms in total. The van der Waals surface area contributed by atoms with Crippen LogP contribution in [0.25, 0.3) is 0 Å². The minimum atomic E-state index is 1.06. The van der Waals surface area contributed by atoms with E-state index in [1.54, 1.807) is 16.8 Å². The fraction of sp³-hybridized carbons (Fsp3) is 0.750. The van der Waals surface area contributed by atoms with E-state index in [-0.39, 0.29) is 0 Å². The van der Waals surface area contributed by atoms with Crippen molar-refractivity contribution in [2.45, 2.75) is 0 Å². The van der Waals surface area contributed by atoms with E-state index < -0.39 is 0 Å². The monoisotopic (exact) mass is 276 g/mol. The van der Waals surface area contributed by atoms with Gasteiger partial charge in [-0.05, 0) is 0 Å². The van der Waals surface area contributed by atoms with Crippen LogP contribution in [-0.4, -0.2) is 53.2 Å². The lowest BCUT2D eigenvalue weighted by atomic mass is 10.3. The Labute approximate surface area is 96.1 Å². The molecule has 1 aromatic rings. The Morgan fingerprint density at radius 2 is 2.14 bits per heavy atom. The number of hydrogen-bond donors (Lipinski definition) is 0. The van der Waals surface area contributed by atoms with Gasteiger partial charge in [-0.15, -0.1) is 10.2 Å². The topological polar surface area (TPSA) is 32.3 Å². The van der Waals surface area contributed by atoms with Crippen LogP contribution in [0, 0.1) is 0 Å². The molecule has 14 heavy (non-hydrogen) atoms. The number of alkyl halides is 1. The van der Waals surface area contributed by atoms with Gasteiger partial charge in [0.25, 0.3) is 0 Å².